The van der Waals surface area contributed by atoms with E-state index in [4.69, 9.17) is 15.2 Å². The van der Waals surface area contributed by atoms with Gasteiger partial charge in [-0.25, -0.2) is 0 Å². The molecular formula is C20H33N3O3. The van der Waals surface area contributed by atoms with Crippen molar-refractivity contribution < 1.29 is 14.3 Å². The predicted octanol–water partition coefficient (Wildman–Crippen LogP) is 1.78. The lowest BCUT2D eigenvalue weighted by molar-refractivity contribution is -0.124. The molecule has 146 valence electrons. The first-order chi connectivity index (χ1) is 12.7. The number of likely N-dealkylation sites (N-methyl/N-ethyl adjacent to an activating group) is 1. The van der Waals surface area contributed by atoms with Crippen LogP contribution in [0.1, 0.15) is 32.3 Å². The Morgan fingerprint density at radius 1 is 1.31 bits per heavy atom. The number of hydrogen-bond donors (Lipinski definition) is 2. The number of carbonyl (C=O) groups excluding carboxylic acids is 1. The zero-order valence-electron chi connectivity index (χ0n) is 16.1. The maximum Gasteiger partial charge on any atom is 0.237 e. The minimum atomic E-state index is -0.477. The predicted molar refractivity (Wildman–Crippen MR) is 103 cm³/mol. The van der Waals surface area contributed by atoms with Crippen LogP contribution in [0.15, 0.2) is 24.3 Å². The Morgan fingerprint density at radius 2 is 2.00 bits per heavy atom. The third kappa shape index (κ3) is 6.27. The molecular weight excluding hydrogens is 330 g/mol. The molecule has 2 rings (SSSR count). The molecule has 0 radical (unpaired) electrons. The van der Waals surface area contributed by atoms with Crippen LogP contribution in [0.25, 0.3) is 0 Å². The van der Waals surface area contributed by atoms with Gasteiger partial charge in [-0.15, -0.1) is 0 Å². The number of rotatable bonds is 10. The van der Waals surface area contributed by atoms with Crippen molar-refractivity contribution in [3.05, 3.63) is 29.8 Å². The molecule has 0 aromatic heterocycles. The van der Waals surface area contributed by atoms with Gasteiger partial charge in [0, 0.05) is 31.9 Å². The molecule has 1 atom stereocenters. The summed E-state index contributed by atoms with van der Waals surface area (Å²) in [5.74, 6) is 0.916. The molecule has 0 saturated carbocycles. The van der Waals surface area contributed by atoms with Crippen LogP contribution in [0.2, 0.25) is 0 Å². The van der Waals surface area contributed by atoms with Gasteiger partial charge in [-0.3, -0.25) is 4.79 Å². The van der Waals surface area contributed by atoms with Crippen LogP contribution < -0.4 is 15.8 Å². The van der Waals surface area contributed by atoms with Gasteiger partial charge in [-0.2, -0.15) is 0 Å². The second kappa shape index (κ2) is 11.2. The summed E-state index contributed by atoms with van der Waals surface area (Å²) in [6, 6.07) is 7.35. The second-order valence-electron chi connectivity index (χ2n) is 6.68. The van der Waals surface area contributed by atoms with E-state index in [1.807, 2.05) is 24.3 Å². The van der Waals surface area contributed by atoms with Gasteiger partial charge >= 0.3 is 0 Å². The van der Waals surface area contributed by atoms with Gasteiger partial charge in [-0.05, 0) is 37.9 Å². The molecule has 1 unspecified atom stereocenters. The molecule has 0 spiro atoms. The van der Waals surface area contributed by atoms with Gasteiger partial charge in [0.15, 0.2) is 0 Å². The van der Waals surface area contributed by atoms with Crippen molar-refractivity contribution in [2.24, 2.45) is 11.7 Å². The maximum atomic E-state index is 12.4. The molecule has 1 aliphatic rings. The van der Waals surface area contributed by atoms with Crippen molar-refractivity contribution in [3.8, 4) is 5.75 Å². The summed E-state index contributed by atoms with van der Waals surface area (Å²) < 4.78 is 11.3. The number of benzene rings is 1. The normalized spacial score (nSPS) is 16.5. The van der Waals surface area contributed by atoms with E-state index in [-0.39, 0.29) is 11.8 Å². The SMILES string of the molecule is CCN(CC)CCOc1ccccc1CNC(=O)C(N)C1CCOCC1. The maximum absolute atomic E-state index is 12.4. The van der Waals surface area contributed by atoms with Crippen molar-refractivity contribution in [2.45, 2.75) is 39.3 Å². The van der Waals surface area contributed by atoms with E-state index >= 15 is 0 Å². The monoisotopic (exact) mass is 363 g/mol. The number of amides is 1. The van der Waals surface area contributed by atoms with Crippen LogP contribution in [0, 0.1) is 5.92 Å². The molecule has 1 fully saturated rings. The van der Waals surface area contributed by atoms with Crippen molar-refractivity contribution >= 4 is 5.91 Å². The summed E-state index contributed by atoms with van der Waals surface area (Å²) in [7, 11) is 0. The summed E-state index contributed by atoms with van der Waals surface area (Å²) in [5, 5.41) is 2.96. The van der Waals surface area contributed by atoms with Crippen molar-refractivity contribution in [1.29, 1.82) is 0 Å². The summed E-state index contributed by atoms with van der Waals surface area (Å²) in [6.45, 7) is 9.66. The average Bonchev–Trinajstić information content (AvgIpc) is 2.70. The Labute approximate surface area is 157 Å². The molecule has 6 heteroatoms. The van der Waals surface area contributed by atoms with E-state index in [0.29, 0.717) is 26.4 Å². The Bertz CT molecular complexity index is 543. The van der Waals surface area contributed by atoms with Crippen molar-refractivity contribution in [1.82, 2.24) is 10.2 Å². The van der Waals surface area contributed by atoms with Crippen LogP contribution in [0.4, 0.5) is 0 Å². The standard InChI is InChI=1S/C20H33N3O3/c1-3-23(4-2)11-14-26-18-8-6-5-7-17(18)15-22-20(24)19(21)16-9-12-25-13-10-16/h5-8,16,19H,3-4,9-15,21H2,1-2H3,(H,22,24). The number of ether oxygens (including phenoxy) is 2. The summed E-state index contributed by atoms with van der Waals surface area (Å²) in [6.07, 6.45) is 1.69. The van der Waals surface area contributed by atoms with Gasteiger partial charge < -0.3 is 25.4 Å². The number of carbonyl (C=O) groups is 1. The molecule has 1 aromatic carbocycles. The first-order valence-electron chi connectivity index (χ1n) is 9.69. The number of para-hydroxylation sites is 1. The van der Waals surface area contributed by atoms with Gasteiger partial charge in [0.05, 0.1) is 6.04 Å². The first-order valence-corrected chi connectivity index (χ1v) is 9.69. The van der Waals surface area contributed by atoms with E-state index in [1.54, 1.807) is 0 Å². The molecule has 1 heterocycles. The van der Waals surface area contributed by atoms with E-state index in [0.717, 1.165) is 43.8 Å². The molecule has 1 aromatic rings. The van der Waals surface area contributed by atoms with Crippen LogP contribution in [0.3, 0.4) is 0 Å². The molecule has 1 saturated heterocycles. The summed E-state index contributed by atoms with van der Waals surface area (Å²) >= 11 is 0. The second-order valence-corrected chi connectivity index (χ2v) is 6.68. The fourth-order valence-electron chi connectivity index (χ4n) is 3.20. The summed E-state index contributed by atoms with van der Waals surface area (Å²) in [5.41, 5.74) is 7.11. The number of nitrogens with zero attached hydrogens (tertiary/aromatic N) is 1. The van der Waals surface area contributed by atoms with Crippen LogP contribution in [-0.2, 0) is 16.1 Å². The molecule has 0 bridgehead atoms. The highest BCUT2D eigenvalue weighted by Gasteiger charge is 2.26. The lowest BCUT2D eigenvalue weighted by atomic mass is 9.92. The third-order valence-electron chi connectivity index (χ3n) is 5.06. The molecule has 26 heavy (non-hydrogen) atoms. The minimum Gasteiger partial charge on any atom is -0.492 e. The zero-order chi connectivity index (χ0) is 18.8. The Morgan fingerprint density at radius 3 is 2.69 bits per heavy atom. The highest BCUT2D eigenvalue weighted by atomic mass is 16.5. The van der Waals surface area contributed by atoms with E-state index < -0.39 is 6.04 Å². The van der Waals surface area contributed by atoms with Crippen molar-refractivity contribution in [2.75, 3.05) is 39.5 Å². The third-order valence-corrected chi connectivity index (χ3v) is 5.06. The first kappa shape index (κ1) is 20.7. The lowest BCUT2D eigenvalue weighted by Gasteiger charge is -2.26. The number of nitrogens with one attached hydrogen (secondary N) is 1. The van der Waals surface area contributed by atoms with Crippen LogP contribution in [-0.4, -0.2) is 56.3 Å². The Kier molecular flexibility index (Phi) is 8.88. The van der Waals surface area contributed by atoms with E-state index in [2.05, 4.69) is 24.1 Å². The Hall–Kier alpha value is -1.63. The molecule has 1 aliphatic heterocycles. The number of nitrogens with two attached hydrogens (primary N) is 1. The van der Waals surface area contributed by atoms with Crippen molar-refractivity contribution in [3.63, 3.8) is 0 Å². The summed E-state index contributed by atoms with van der Waals surface area (Å²) in [4.78, 5) is 14.7. The quantitative estimate of drug-likeness (QED) is 0.663. The Balaban J connectivity index is 1.83. The molecule has 0 aliphatic carbocycles. The molecule has 6 nitrogen and oxygen atoms in total. The number of hydrogen-bond acceptors (Lipinski definition) is 5. The van der Waals surface area contributed by atoms with Crippen LogP contribution in [0.5, 0.6) is 5.75 Å². The molecule has 1 amide bonds. The van der Waals surface area contributed by atoms with Gasteiger partial charge in [0.2, 0.25) is 5.91 Å². The minimum absolute atomic E-state index is 0.102. The topological polar surface area (TPSA) is 76.8 Å². The van der Waals surface area contributed by atoms with E-state index in [9.17, 15) is 4.79 Å². The smallest absolute Gasteiger partial charge is 0.237 e. The highest BCUT2D eigenvalue weighted by Crippen LogP contribution is 2.19. The fourth-order valence-corrected chi connectivity index (χ4v) is 3.20. The van der Waals surface area contributed by atoms with Gasteiger partial charge in [0.1, 0.15) is 12.4 Å². The molecule has 3 N–H and O–H groups in total. The average molecular weight is 364 g/mol. The van der Waals surface area contributed by atoms with Gasteiger partial charge in [-0.1, -0.05) is 32.0 Å². The largest absolute Gasteiger partial charge is 0.492 e. The fraction of sp³-hybridized carbons (Fsp3) is 0.650. The van der Waals surface area contributed by atoms with Crippen LogP contribution >= 0.6 is 0 Å². The van der Waals surface area contributed by atoms with Gasteiger partial charge in [0.25, 0.3) is 0 Å². The zero-order valence-corrected chi connectivity index (χ0v) is 16.1. The highest BCUT2D eigenvalue weighted by molar-refractivity contribution is 5.81. The van der Waals surface area contributed by atoms with E-state index in [1.165, 1.54) is 0 Å². The lowest BCUT2D eigenvalue weighted by Crippen LogP contribution is -2.46.